The molecule has 1 spiro atoms. The molecule has 34 heavy (non-hydrogen) atoms. The molecule has 0 aromatic heterocycles. The first-order chi connectivity index (χ1) is 16.5. The SMILES string of the molecule is O=C(N[C@@H]1CC[C@@H](CN2CCCC2)OC1)[C@H]1[C@H](C(=O)Nc2ccc(Br)cc2)[C@@H]2C=C[C@H]1C21CC1. The number of carbonyl (C=O) groups excluding carboxylic acids is 2. The van der Waals surface area contributed by atoms with E-state index in [0.29, 0.717) is 6.61 Å². The number of hydrogen-bond acceptors (Lipinski definition) is 4. The van der Waals surface area contributed by atoms with Crippen LogP contribution in [-0.4, -0.2) is 55.1 Å². The van der Waals surface area contributed by atoms with Crippen molar-refractivity contribution in [1.29, 1.82) is 0 Å². The Hall–Kier alpha value is -1.70. The zero-order valence-corrected chi connectivity index (χ0v) is 21.1. The predicted octanol–water partition coefficient (Wildman–Crippen LogP) is 3.98. The van der Waals surface area contributed by atoms with E-state index in [1.807, 2.05) is 24.3 Å². The van der Waals surface area contributed by atoms with Gasteiger partial charge in [0.15, 0.2) is 0 Å². The molecule has 2 heterocycles. The van der Waals surface area contributed by atoms with E-state index >= 15 is 0 Å². The van der Waals surface area contributed by atoms with E-state index in [2.05, 4.69) is 43.6 Å². The van der Waals surface area contributed by atoms with Gasteiger partial charge in [0.1, 0.15) is 0 Å². The van der Waals surface area contributed by atoms with Crippen LogP contribution >= 0.6 is 15.9 Å². The first-order valence-corrected chi connectivity index (χ1v) is 13.7. The zero-order valence-electron chi connectivity index (χ0n) is 19.5. The number of likely N-dealkylation sites (tertiary alicyclic amines) is 1. The Kier molecular flexibility index (Phi) is 6.06. The van der Waals surface area contributed by atoms with Gasteiger partial charge >= 0.3 is 0 Å². The summed E-state index contributed by atoms with van der Waals surface area (Å²) < 4.78 is 7.11. The summed E-state index contributed by atoms with van der Waals surface area (Å²) in [5, 5.41) is 6.37. The van der Waals surface area contributed by atoms with Gasteiger partial charge in [-0.2, -0.15) is 0 Å². The van der Waals surface area contributed by atoms with Crippen LogP contribution < -0.4 is 10.6 Å². The third kappa shape index (κ3) is 4.14. The van der Waals surface area contributed by atoms with Crippen molar-refractivity contribution in [1.82, 2.24) is 10.2 Å². The van der Waals surface area contributed by atoms with Crippen LogP contribution in [0.15, 0.2) is 40.9 Å². The molecule has 2 amide bonds. The Balaban J connectivity index is 1.10. The molecule has 2 N–H and O–H groups in total. The normalized spacial score (nSPS) is 35.6. The number of nitrogens with one attached hydrogen (secondary N) is 2. The molecule has 6 atom stereocenters. The summed E-state index contributed by atoms with van der Waals surface area (Å²) in [6.45, 7) is 3.95. The van der Waals surface area contributed by atoms with Crippen LogP contribution in [-0.2, 0) is 14.3 Å². The van der Waals surface area contributed by atoms with Crippen molar-refractivity contribution in [2.75, 3.05) is 31.6 Å². The minimum atomic E-state index is -0.312. The maximum absolute atomic E-state index is 13.6. The van der Waals surface area contributed by atoms with E-state index in [4.69, 9.17) is 4.74 Å². The Bertz CT molecular complexity index is 962. The lowest BCUT2D eigenvalue weighted by molar-refractivity contribution is -0.134. The first-order valence-electron chi connectivity index (χ1n) is 12.9. The second-order valence-electron chi connectivity index (χ2n) is 11.0. The van der Waals surface area contributed by atoms with Gasteiger partial charge in [-0.3, -0.25) is 9.59 Å². The molecule has 4 fully saturated rings. The highest BCUT2D eigenvalue weighted by atomic mass is 79.9. The molecule has 2 bridgehead atoms. The van der Waals surface area contributed by atoms with Crippen molar-refractivity contribution < 1.29 is 14.3 Å². The van der Waals surface area contributed by atoms with Crippen LogP contribution in [0, 0.1) is 29.1 Å². The average molecular weight is 528 g/mol. The van der Waals surface area contributed by atoms with Crippen LogP contribution in [0.1, 0.15) is 38.5 Å². The van der Waals surface area contributed by atoms with E-state index in [1.165, 1.54) is 25.9 Å². The van der Waals surface area contributed by atoms with Crippen LogP contribution in [0.5, 0.6) is 0 Å². The van der Waals surface area contributed by atoms with Crippen LogP contribution in [0.4, 0.5) is 5.69 Å². The van der Waals surface area contributed by atoms with Crippen molar-refractivity contribution >= 4 is 33.4 Å². The molecular weight excluding hydrogens is 494 g/mol. The van der Waals surface area contributed by atoms with Crippen molar-refractivity contribution in [2.45, 2.75) is 50.7 Å². The van der Waals surface area contributed by atoms with Crippen molar-refractivity contribution in [3.63, 3.8) is 0 Å². The second-order valence-corrected chi connectivity index (χ2v) is 11.9. The fourth-order valence-electron chi connectivity index (χ4n) is 7.08. The molecule has 0 radical (unpaired) electrons. The number of amides is 2. The number of anilines is 1. The molecule has 1 aromatic carbocycles. The van der Waals surface area contributed by atoms with E-state index in [-0.39, 0.29) is 53.0 Å². The molecule has 0 unspecified atom stereocenters. The van der Waals surface area contributed by atoms with Crippen molar-refractivity contribution in [3.8, 4) is 0 Å². The maximum atomic E-state index is 13.6. The molecule has 5 aliphatic rings. The number of nitrogens with zero attached hydrogens (tertiary/aromatic N) is 1. The van der Waals surface area contributed by atoms with E-state index in [1.54, 1.807) is 0 Å². The fourth-order valence-corrected chi connectivity index (χ4v) is 7.35. The van der Waals surface area contributed by atoms with E-state index in [9.17, 15) is 9.59 Å². The van der Waals surface area contributed by atoms with Gasteiger partial charge in [-0.25, -0.2) is 0 Å². The van der Waals surface area contributed by atoms with E-state index in [0.717, 1.165) is 42.4 Å². The van der Waals surface area contributed by atoms with Gasteiger partial charge in [0.05, 0.1) is 30.6 Å². The lowest BCUT2D eigenvalue weighted by Gasteiger charge is -2.33. The highest BCUT2D eigenvalue weighted by Gasteiger charge is 2.69. The topological polar surface area (TPSA) is 70.7 Å². The number of ether oxygens (including phenoxy) is 1. The van der Waals surface area contributed by atoms with Gasteiger partial charge in [0, 0.05) is 16.7 Å². The summed E-state index contributed by atoms with van der Waals surface area (Å²) in [6, 6.07) is 7.66. The number of benzene rings is 1. The number of allylic oxidation sites excluding steroid dienone is 2. The summed E-state index contributed by atoms with van der Waals surface area (Å²) >= 11 is 3.44. The zero-order chi connectivity index (χ0) is 23.3. The number of carbonyl (C=O) groups is 2. The second kappa shape index (κ2) is 9.07. The largest absolute Gasteiger partial charge is 0.375 e. The maximum Gasteiger partial charge on any atom is 0.228 e. The summed E-state index contributed by atoms with van der Waals surface area (Å²) in [5.41, 5.74) is 0.904. The lowest BCUT2D eigenvalue weighted by atomic mass is 9.81. The lowest BCUT2D eigenvalue weighted by Crippen LogP contribution is -2.49. The average Bonchev–Trinajstić information content (AvgIpc) is 3.20. The van der Waals surface area contributed by atoms with Crippen LogP contribution in [0.3, 0.4) is 0 Å². The minimum absolute atomic E-state index is 0.0313. The van der Waals surface area contributed by atoms with Gasteiger partial charge < -0.3 is 20.3 Å². The molecule has 7 heteroatoms. The van der Waals surface area contributed by atoms with Crippen molar-refractivity contribution in [2.24, 2.45) is 29.1 Å². The smallest absolute Gasteiger partial charge is 0.228 e. The summed E-state index contributed by atoms with van der Waals surface area (Å²) in [7, 11) is 0. The van der Waals surface area contributed by atoms with Gasteiger partial charge in [0.25, 0.3) is 0 Å². The van der Waals surface area contributed by atoms with Gasteiger partial charge in [-0.15, -0.1) is 0 Å². The number of halogens is 1. The molecule has 1 aromatic rings. The van der Waals surface area contributed by atoms with Gasteiger partial charge in [0.2, 0.25) is 11.8 Å². The Morgan fingerprint density at radius 3 is 2.29 bits per heavy atom. The Morgan fingerprint density at radius 1 is 1.00 bits per heavy atom. The predicted molar refractivity (Wildman–Crippen MR) is 134 cm³/mol. The molecule has 3 aliphatic carbocycles. The summed E-state index contributed by atoms with van der Waals surface area (Å²) in [6.07, 6.45) is 11.4. The molecule has 182 valence electrons. The third-order valence-corrected chi connectivity index (χ3v) is 9.46. The minimum Gasteiger partial charge on any atom is -0.375 e. The van der Waals surface area contributed by atoms with Crippen LogP contribution in [0.25, 0.3) is 0 Å². The highest BCUT2D eigenvalue weighted by Crippen LogP contribution is 2.72. The monoisotopic (exact) mass is 527 g/mol. The number of hydrogen-bond donors (Lipinski definition) is 2. The Labute approximate surface area is 210 Å². The number of rotatable bonds is 6. The summed E-state index contributed by atoms with van der Waals surface area (Å²) in [5.74, 6) is -0.271. The first kappa shape index (κ1) is 22.7. The Morgan fingerprint density at radius 2 is 1.68 bits per heavy atom. The fraction of sp³-hybridized carbons (Fsp3) is 0.630. The molecule has 6 rings (SSSR count). The highest BCUT2D eigenvalue weighted by molar-refractivity contribution is 9.10. The molecule has 6 nitrogen and oxygen atoms in total. The van der Waals surface area contributed by atoms with Gasteiger partial charge in [-0.1, -0.05) is 28.1 Å². The third-order valence-electron chi connectivity index (χ3n) is 8.94. The van der Waals surface area contributed by atoms with E-state index < -0.39 is 0 Å². The molecule has 2 aliphatic heterocycles. The standard InChI is InChI=1S/C27H34BrN3O3/c28-17-3-5-18(6-4-17)29-25(32)23-21-9-10-22(27(21)11-12-27)24(23)26(33)30-19-7-8-20(34-16-19)15-31-13-1-2-14-31/h3-6,9-10,19-24H,1-2,7-8,11-16H2,(H,29,32)(H,30,33)/t19-,20+,21+,22-,23-,24-/m1/s1. The quantitative estimate of drug-likeness (QED) is 0.549. The summed E-state index contributed by atoms with van der Waals surface area (Å²) in [4.78, 5) is 29.5. The molecular formula is C27H34BrN3O3. The molecule has 2 saturated heterocycles. The van der Waals surface area contributed by atoms with Crippen molar-refractivity contribution in [3.05, 3.63) is 40.9 Å². The molecule has 2 saturated carbocycles. The van der Waals surface area contributed by atoms with Gasteiger partial charge in [-0.05, 0) is 93.1 Å². The van der Waals surface area contributed by atoms with Crippen LogP contribution in [0.2, 0.25) is 0 Å².